The largest absolute Gasteiger partial charge is 0.368 e. The highest BCUT2D eigenvalue weighted by molar-refractivity contribution is 8.04. The predicted molar refractivity (Wildman–Crippen MR) is 135 cm³/mol. The van der Waals surface area contributed by atoms with Gasteiger partial charge in [-0.05, 0) is 48.5 Å². The van der Waals surface area contributed by atoms with E-state index in [4.69, 9.17) is 11.6 Å². The molecule has 0 atom stereocenters. The van der Waals surface area contributed by atoms with Crippen LogP contribution in [0.2, 0.25) is 5.02 Å². The molecule has 0 aromatic heterocycles. The predicted octanol–water partition coefficient (Wildman–Crippen LogP) is 5.53. The fourth-order valence-corrected chi connectivity index (χ4v) is 5.16. The van der Waals surface area contributed by atoms with Crippen molar-refractivity contribution in [2.24, 2.45) is 0 Å². The molecule has 8 heteroatoms. The second kappa shape index (κ2) is 9.52. The molecular formula is C26H21ClFN3O2S. The summed E-state index contributed by atoms with van der Waals surface area (Å²) in [6.45, 7) is 2.62. The second-order valence-corrected chi connectivity index (χ2v) is 9.58. The van der Waals surface area contributed by atoms with E-state index in [0.717, 1.165) is 10.6 Å². The van der Waals surface area contributed by atoms with E-state index in [2.05, 4.69) is 10.2 Å². The zero-order valence-corrected chi connectivity index (χ0v) is 19.7. The normalized spacial score (nSPS) is 16.9. The molecule has 34 heavy (non-hydrogen) atoms. The van der Waals surface area contributed by atoms with E-state index in [9.17, 15) is 14.0 Å². The molecule has 5 nitrogen and oxygen atoms in total. The van der Waals surface area contributed by atoms with Gasteiger partial charge >= 0.3 is 0 Å². The van der Waals surface area contributed by atoms with Crippen LogP contribution in [-0.4, -0.2) is 42.9 Å². The van der Waals surface area contributed by atoms with Crippen LogP contribution in [0.5, 0.6) is 0 Å². The first-order chi connectivity index (χ1) is 16.5. The summed E-state index contributed by atoms with van der Waals surface area (Å²) < 4.78 is 14.0. The maximum Gasteiger partial charge on any atom is 0.262 e. The molecule has 1 saturated heterocycles. The van der Waals surface area contributed by atoms with Gasteiger partial charge in [-0.25, -0.2) is 4.39 Å². The highest BCUT2D eigenvalue weighted by Crippen LogP contribution is 2.39. The van der Waals surface area contributed by atoms with Gasteiger partial charge in [-0.2, -0.15) is 0 Å². The number of piperazine rings is 1. The lowest BCUT2D eigenvalue weighted by Gasteiger charge is -2.36. The molecule has 5 rings (SSSR count). The van der Waals surface area contributed by atoms with Crippen molar-refractivity contribution in [3.63, 3.8) is 0 Å². The summed E-state index contributed by atoms with van der Waals surface area (Å²) >= 11 is 7.37. The fourth-order valence-electron chi connectivity index (χ4n) is 4.05. The minimum Gasteiger partial charge on any atom is -0.368 e. The number of benzene rings is 3. The van der Waals surface area contributed by atoms with E-state index in [1.165, 1.54) is 23.9 Å². The second-order valence-electron chi connectivity index (χ2n) is 8.06. The molecule has 2 heterocycles. The molecule has 0 spiro atoms. The van der Waals surface area contributed by atoms with Gasteiger partial charge in [-0.3, -0.25) is 9.59 Å². The molecule has 2 amide bonds. The number of nitrogens with one attached hydrogen (secondary N) is 1. The van der Waals surface area contributed by atoms with Gasteiger partial charge in [0.25, 0.3) is 11.8 Å². The summed E-state index contributed by atoms with van der Waals surface area (Å²) in [5.41, 5.74) is 2.51. The monoisotopic (exact) mass is 493 g/mol. The van der Waals surface area contributed by atoms with Crippen LogP contribution in [0.1, 0.15) is 15.9 Å². The van der Waals surface area contributed by atoms with E-state index in [0.29, 0.717) is 52.9 Å². The molecule has 0 bridgehead atoms. The van der Waals surface area contributed by atoms with Crippen molar-refractivity contribution < 1.29 is 14.0 Å². The van der Waals surface area contributed by atoms with Crippen LogP contribution in [0.4, 0.5) is 15.8 Å². The van der Waals surface area contributed by atoms with Crippen LogP contribution >= 0.6 is 23.4 Å². The Morgan fingerprint density at radius 2 is 1.79 bits per heavy atom. The molecule has 0 aliphatic carbocycles. The Labute approximate surface area is 206 Å². The first-order valence-corrected chi connectivity index (χ1v) is 12.1. The lowest BCUT2D eigenvalue weighted by Crippen LogP contribution is -2.48. The Balaban J connectivity index is 1.28. The van der Waals surface area contributed by atoms with Crippen molar-refractivity contribution in [2.45, 2.75) is 4.90 Å². The van der Waals surface area contributed by atoms with Gasteiger partial charge in [0.1, 0.15) is 5.82 Å². The third kappa shape index (κ3) is 4.67. The quantitative estimate of drug-likeness (QED) is 0.488. The number of thioether (sulfide) groups is 1. The van der Waals surface area contributed by atoms with Crippen molar-refractivity contribution in [1.29, 1.82) is 0 Å². The summed E-state index contributed by atoms with van der Waals surface area (Å²) in [6.07, 6.45) is 1.54. The van der Waals surface area contributed by atoms with E-state index >= 15 is 0 Å². The van der Waals surface area contributed by atoms with Crippen LogP contribution in [-0.2, 0) is 4.79 Å². The summed E-state index contributed by atoms with van der Waals surface area (Å²) in [5, 5.41) is 3.53. The zero-order valence-electron chi connectivity index (χ0n) is 18.1. The topological polar surface area (TPSA) is 52.7 Å². The fraction of sp³-hybridized carbons (Fsp3) is 0.154. The molecule has 0 unspecified atom stereocenters. The Kier molecular flexibility index (Phi) is 6.30. The Bertz CT molecular complexity index is 1300. The van der Waals surface area contributed by atoms with Gasteiger partial charge in [-0.1, -0.05) is 47.6 Å². The first kappa shape index (κ1) is 22.5. The molecule has 3 aromatic carbocycles. The number of carbonyl (C=O) groups excluding carboxylic acids is 2. The Hall–Kier alpha value is -3.29. The average Bonchev–Trinajstić information content (AvgIpc) is 2.85. The summed E-state index contributed by atoms with van der Waals surface area (Å²) in [7, 11) is 0. The summed E-state index contributed by atoms with van der Waals surface area (Å²) in [5.74, 6) is -0.772. The molecule has 1 fully saturated rings. The van der Waals surface area contributed by atoms with Crippen LogP contribution in [0.15, 0.2) is 76.5 Å². The number of halogens is 2. The van der Waals surface area contributed by atoms with Crippen molar-refractivity contribution in [3.8, 4) is 0 Å². The SMILES string of the molecule is O=C1Nc2cc(C(=O)N3CCN(c4cccc(Cl)c4)CC3)ccc2SC1=Cc1ccccc1F. The van der Waals surface area contributed by atoms with Crippen molar-refractivity contribution in [1.82, 2.24) is 4.90 Å². The molecule has 2 aliphatic rings. The maximum atomic E-state index is 14.0. The van der Waals surface area contributed by atoms with Gasteiger partial charge in [0.15, 0.2) is 0 Å². The number of fused-ring (bicyclic) bond motifs is 1. The minimum atomic E-state index is -0.384. The average molecular weight is 494 g/mol. The Morgan fingerprint density at radius 1 is 1.00 bits per heavy atom. The van der Waals surface area contributed by atoms with Gasteiger partial charge in [0.05, 0.1) is 10.6 Å². The van der Waals surface area contributed by atoms with E-state index in [1.807, 2.05) is 35.2 Å². The highest BCUT2D eigenvalue weighted by atomic mass is 35.5. The van der Waals surface area contributed by atoms with Crippen molar-refractivity contribution in [3.05, 3.63) is 93.6 Å². The first-order valence-electron chi connectivity index (χ1n) is 10.9. The number of carbonyl (C=O) groups is 2. The van der Waals surface area contributed by atoms with Crippen LogP contribution in [0, 0.1) is 5.82 Å². The summed E-state index contributed by atoms with van der Waals surface area (Å²) in [6, 6.07) is 19.3. The van der Waals surface area contributed by atoms with E-state index in [-0.39, 0.29) is 17.6 Å². The lowest BCUT2D eigenvalue weighted by molar-refractivity contribution is -0.112. The molecule has 0 radical (unpaired) electrons. The molecular weight excluding hydrogens is 473 g/mol. The number of hydrogen-bond acceptors (Lipinski definition) is 4. The smallest absolute Gasteiger partial charge is 0.262 e. The number of hydrogen-bond donors (Lipinski definition) is 1. The Morgan fingerprint density at radius 3 is 2.56 bits per heavy atom. The van der Waals surface area contributed by atoms with Crippen LogP contribution < -0.4 is 10.2 Å². The van der Waals surface area contributed by atoms with E-state index < -0.39 is 0 Å². The number of rotatable bonds is 3. The third-order valence-electron chi connectivity index (χ3n) is 5.85. The van der Waals surface area contributed by atoms with Gasteiger partial charge in [0, 0.05) is 52.9 Å². The standard InChI is InChI=1S/C26H21ClFN3O2S/c27-19-5-3-6-20(16-19)30-10-12-31(13-11-30)26(33)18-8-9-23-22(14-18)29-25(32)24(34-23)15-17-4-1-2-7-21(17)28/h1-9,14-16H,10-13H2,(H,29,32). The minimum absolute atomic E-state index is 0.0690. The number of nitrogens with zero attached hydrogens (tertiary/aromatic N) is 2. The molecule has 1 N–H and O–H groups in total. The van der Waals surface area contributed by atoms with Gasteiger partial charge < -0.3 is 15.1 Å². The van der Waals surface area contributed by atoms with Crippen molar-refractivity contribution >= 4 is 52.6 Å². The van der Waals surface area contributed by atoms with Crippen LogP contribution in [0.3, 0.4) is 0 Å². The van der Waals surface area contributed by atoms with E-state index in [1.54, 1.807) is 30.3 Å². The van der Waals surface area contributed by atoms with Gasteiger partial charge in [0.2, 0.25) is 0 Å². The third-order valence-corrected chi connectivity index (χ3v) is 7.18. The van der Waals surface area contributed by atoms with Crippen molar-refractivity contribution in [2.75, 3.05) is 36.4 Å². The summed E-state index contributed by atoms with van der Waals surface area (Å²) in [4.78, 5) is 31.0. The number of anilines is 2. The zero-order chi connectivity index (χ0) is 23.7. The maximum absolute atomic E-state index is 14.0. The highest BCUT2D eigenvalue weighted by Gasteiger charge is 2.26. The van der Waals surface area contributed by atoms with Gasteiger partial charge in [-0.15, -0.1) is 0 Å². The molecule has 3 aromatic rings. The lowest BCUT2D eigenvalue weighted by atomic mass is 10.1. The number of amides is 2. The molecule has 0 saturated carbocycles. The van der Waals surface area contributed by atoms with Crippen LogP contribution in [0.25, 0.3) is 6.08 Å². The molecule has 2 aliphatic heterocycles. The molecule has 172 valence electrons.